The normalized spacial score (nSPS) is 21.3. The van der Waals surface area contributed by atoms with E-state index in [2.05, 4.69) is 49.3 Å². The second-order valence-electron chi connectivity index (χ2n) is 12.4. The lowest BCUT2D eigenvalue weighted by atomic mass is 9.75. The number of halogens is 1. The zero-order chi connectivity index (χ0) is 35.8. The van der Waals surface area contributed by atoms with Gasteiger partial charge >= 0.3 is 12.1 Å². The number of nitriles is 1. The fourth-order valence-electron chi connectivity index (χ4n) is 5.39. The summed E-state index contributed by atoms with van der Waals surface area (Å²) in [6.07, 6.45) is 4.94. The van der Waals surface area contributed by atoms with Crippen LogP contribution in [0.2, 0.25) is 0 Å². The number of rotatable bonds is 17. The summed E-state index contributed by atoms with van der Waals surface area (Å²) in [5.41, 5.74) is 0.281. The van der Waals surface area contributed by atoms with E-state index in [1.54, 1.807) is 19.3 Å². The molecule has 266 valence electrons. The molecule has 14 heteroatoms. The molecule has 1 aromatic rings. The molecule has 3 rings (SSSR count). The summed E-state index contributed by atoms with van der Waals surface area (Å²) < 4.78 is 35.5. The van der Waals surface area contributed by atoms with Crippen LogP contribution in [-0.2, 0) is 33.2 Å². The van der Waals surface area contributed by atoms with Gasteiger partial charge in [0.05, 0.1) is 74.5 Å². The highest BCUT2D eigenvalue weighted by Crippen LogP contribution is 2.40. The van der Waals surface area contributed by atoms with Crippen LogP contribution in [-0.4, -0.2) is 90.8 Å². The summed E-state index contributed by atoms with van der Waals surface area (Å²) in [6.45, 7) is 7.29. The number of carbonyl (C=O) groups is 3. The molecule has 1 saturated heterocycles. The highest BCUT2D eigenvalue weighted by molar-refractivity contribution is 6.32. The van der Waals surface area contributed by atoms with Gasteiger partial charge in [-0.3, -0.25) is 4.79 Å². The molecule has 1 aliphatic carbocycles. The number of hydrogen-bond donors (Lipinski definition) is 2. The molecule has 49 heavy (non-hydrogen) atoms. The molecule has 4 unspecified atom stereocenters. The molecule has 0 aromatic heterocycles. The third kappa shape index (κ3) is 12.7. The number of anilines is 1. The first-order chi connectivity index (χ1) is 23.5. The molecule has 0 bridgehead atoms. The van der Waals surface area contributed by atoms with E-state index in [4.69, 9.17) is 44.8 Å². The van der Waals surface area contributed by atoms with Crippen LogP contribution in [0, 0.1) is 46.3 Å². The Morgan fingerprint density at radius 3 is 2.41 bits per heavy atom. The first-order valence-electron chi connectivity index (χ1n) is 15.8. The molecule has 13 nitrogen and oxygen atoms in total. The number of nitrogens with one attached hydrogen (secondary N) is 2. The van der Waals surface area contributed by atoms with E-state index in [0.717, 1.165) is 0 Å². The van der Waals surface area contributed by atoms with Crippen LogP contribution in [0.5, 0.6) is 5.75 Å². The molecule has 1 fully saturated rings. The van der Waals surface area contributed by atoms with Crippen molar-refractivity contribution in [2.24, 2.45) is 23.2 Å². The zero-order valence-electron chi connectivity index (χ0n) is 28.4. The van der Waals surface area contributed by atoms with Crippen LogP contribution in [0.1, 0.15) is 37.6 Å². The van der Waals surface area contributed by atoms with Crippen LogP contribution >= 0.6 is 11.6 Å². The topological polar surface area (TPSA) is 164 Å². The van der Waals surface area contributed by atoms with Crippen molar-refractivity contribution in [3.8, 4) is 23.7 Å². The van der Waals surface area contributed by atoms with Gasteiger partial charge in [0.2, 0.25) is 12.7 Å². The van der Waals surface area contributed by atoms with E-state index in [9.17, 15) is 19.6 Å². The number of amides is 1. The summed E-state index contributed by atoms with van der Waals surface area (Å²) in [7, 11) is 2.97. The van der Waals surface area contributed by atoms with Crippen molar-refractivity contribution < 1.29 is 47.5 Å². The highest BCUT2D eigenvalue weighted by atomic mass is 35.5. The number of methoxy groups -OCH3 is 2. The molecule has 5 atom stereocenters. The standard InChI is InChI=1S/C35H44ClN3O10/c1-35(2,3)20-28-26(21-37)30(23-7-6-8-25(36)11-9-23)31(38-28)32(40)39-27-12-10-24(19-29(27)44-5)33(41)48-22-49-34(42)47-18-17-46-16-15-45-14-13-43-4/h6-8,10,12,19,23,26,28,30-31,38H,13-18,20,22H2,1-5H3,(H,39,40)/t23?,26?,28?,30?,31-/m1/s1. The van der Waals surface area contributed by atoms with Gasteiger partial charge in [0.25, 0.3) is 0 Å². The van der Waals surface area contributed by atoms with Crippen molar-refractivity contribution in [3.63, 3.8) is 0 Å². The molecule has 1 amide bonds. The second-order valence-corrected chi connectivity index (χ2v) is 12.8. The number of carbonyl (C=O) groups excluding carboxylic acids is 3. The smallest absolute Gasteiger partial charge is 0.495 e. The lowest BCUT2D eigenvalue weighted by Gasteiger charge is -2.26. The number of allylic oxidation sites excluding steroid dienone is 4. The van der Waals surface area contributed by atoms with Crippen LogP contribution in [0.15, 0.2) is 41.5 Å². The van der Waals surface area contributed by atoms with E-state index in [-0.39, 0.29) is 41.9 Å². The van der Waals surface area contributed by atoms with Gasteiger partial charge in [-0.05, 0) is 36.1 Å². The SMILES string of the molecule is COCCOCCOCCOC(=O)OCOC(=O)c1ccc(NC(=O)[C@@H]2NC(CC(C)(C)C)C(C#N)C2C2C#CC(Cl)=CC=C2)c(OC)c1. The monoisotopic (exact) mass is 701 g/mol. The molecule has 2 aliphatic rings. The molecule has 0 spiro atoms. The maximum Gasteiger partial charge on any atom is 0.511 e. The van der Waals surface area contributed by atoms with Crippen molar-refractivity contribution >= 4 is 35.3 Å². The Morgan fingerprint density at radius 2 is 1.73 bits per heavy atom. The van der Waals surface area contributed by atoms with Gasteiger partial charge < -0.3 is 43.8 Å². The van der Waals surface area contributed by atoms with Crippen LogP contribution in [0.25, 0.3) is 0 Å². The second kappa shape index (κ2) is 19.8. The number of benzene rings is 1. The maximum atomic E-state index is 13.8. The summed E-state index contributed by atoms with van der Waals surface area (Å²) in [5, 5.41) is 16.9. The molecule has 1 aliphatic heterocycles. The minimum Gasteiger partial charge on any atom is -0.495 e. The van der Waals surface area contributed by atoms with E-state index in [1.807, 2.05) is 6.08 Å². The van der Waals surface area contributed by atoms with E-state index in [1.165, 1.54) is 25.3 Å². The van der Waals surface area contributed by atoms with Gasteiger partial charge in [0.1, 0.15) is 12.4 Å². The summed E-state index contributed by atoms with van der Waals surface area (Å²) in [6, 6.07) is 5.73. The van der Waals surface area contributed by atoms with Gasteiger partial charge in [-0.25, -0.2) is 9.59 Å². The van der Waals surface area contributed by atoms with Crippen molar-refractivity contribution in [2.45, 2.75) is 39.3 Å². The van der Waals surface area contributed by atoms with Crippen molar-refractivity contribution in [1.82, 2.24) is 5.32 Å². The van der Waals surface area contributed by atoms with Crippen LogP contribution in [0.3, 0.4) is 0 Å². The quantitative estimate of drug-likeness (QED) is 0.102. The Labute approximate surface area is 292 Å². The lowest BCUT2D eigenvalue weighted by molar-refractivity contribution is -0.119. The van der Waals surface area contributed by atoms with Crippen molar-refractivity contribution in [3.05, 3.63) is 47.0 Å². The van der Waals surface area contributed by atoms with E-state index >= 15 is 0 Å². The summed E-state index contributed by atoms with van der Waals surface area (Å²) in [5.74, 6) is 3.65. The molecule has 1 heterocycles. The van der Waals surface area contributed by atoms with Gasteiger partial charge in [0, 0.05) is 25.0 Å². The van der Waals surface area contributed by atoms with Gasteiger partial charge in [-0.15, -0.1) is 0 Å². The first-order valence-corrected chi connectivity index (χ1v) is 16.2. The van der Waals surface area contributed by atoms with Crippen LogP contribution < -0.4 is 15.4 Å². The number of nitrogens with zero attached hydrogens (tertiary/aromatic N) is 1. The molecule has 2 N–H and O–H groups in total. The maximum absolute atomic E-state index is 13.8. The van der Waals surface area contributed by atoms with Gasteiger partial charge in [-0.2, -0.15) is 5.26 Å². The van der Waals surface area contributed by atoms with Crippen molar-refractivity contribution in [2.75, 3.05) is 66.0 Å². The zero-order valence-corrected chi connectivity index (χ0v) is 29.2. The molecular weight excluding hydrogens is 658 g/mol. The largest absolute Gasteiger partial charge is 0.511 e. The molecule has 0 saturated carbocycles. The number of hydrogen-bond acceptors (Lipinski definition) is 12. The lowest BCUT2D eigenvalue weighted by Crippen LogP contribution is -2.44. The summed E-state index contributed by atoms with van der Waals surface area (Å²) in [4.78, 5) is 38.3. The minimum absolute atomic E-state index is 0.0584. The fourth-order valence-corrected chi connectivity index (χ4v) is 5.51. The highest BCUT2D eigenvalue weighted by Gasteiger charge is 2.50. The number of ether oxygens (including phenoxy) is 7. The minimum atomic E-state index is -1.03. The molecule has 0 radical (unpaired) electrons. The third-order valence-electron chi connectivity index (χ3n) is 7.54. The Balaban J connectivity index is 1.58. The van der Waals surface area contributed by atoms with Gasteiger partial charge in [0.15, 0.2) is 0 Å². The average molecular weight is 702 g/mol. The Hall–Kier alpha value is -4.11. The first kappa shape index (κ1) is 39.3. The number of esters is 1. The van der Waals surface area contributed by atoms with Crippen molar-refractivity contribution in [1.29, 1.82) is 5.26 Å². The Morgan fingerprint density at radius 1 is 1.02 bits per heavy atom. The molecular formula is C35H44ClN3O10. The van der Waals surface area contributed by atoms with E-state index < -0.39 is 42.7 Å². The predicted octanol–water partition coefficient (Wildman–Crippen LogP) is 4.43. The third-order valence-corrected chi connectivity index (χ3v) is 7.76. The average Bonchev–Trinajstić information content (AvgIpc) is 3.27. The Bertz CT molecular complexity index is 1460. The predicted molar refractivity (Wildman–Crippen MR) is 180 cm³/mol. The fraction of sp³-hybridized carbons (Fsp3) is 0.543. The van der Waals surface area contributed by atoms with Gasteiger partial charge in [-0.1, -0.05) is 56.4 Å². The summed E-state index contributed by atoms with van der Waals surface area (Å²) >= 11 is 6.13. The van der Waals surface area contributed by atoms with Crippen LogP contribution in [0.4, 0.5) is 10.5 Å². The Kier molecular flexibility index (Phi) is 15.9. The molecule has 1 aromatic carbocycles. The van der Waals surface area contributed by atoms with E-state index in [0.29, 0.717) is 43.6 Å².